The minimum Gasteiger partial charge on any atom is -0.301 e. The van der Waals surface area contributed by atoms with E-state index in [1.807, 2.05) is 14.0 Å². The molecular weight excluding hydrogens is 150 g/mol. The predicted molar refractivity (Wildman–Crippen MR) is 50.8 cm³/mol. The molecule has 3 nitrogen and oxygen atoms in total. The molecule has 0 aliphatic heterocycles. The zero-order valence-electron chi connectivity index (χ0n) is 8.46. The molecule has 0 aliphatic carbocycles. The minimum absolute atomic E-state index is 0.0394. The Labute approximate surface area is 75.4 Å². The molecular formula is C9H19N3. The summed E-state index contributed by atoms with van der Waals surface area (Å²) in [5.41, 5.74) is 0. The average molecular weight is 169 g/mol. The van der Waals surface area contributed by atoms with Gasteiger partial charge in [0.2, 0.25) is 0 Å². The summed E-state index contributed by atoms with van der Waals surface area (Å²) in [5, 5.41) is 11.9. The quantitative estimate of drug-likeness (QED) is 0.662. The third-order valence-corrected chi connectivity index (χ3v) is 1.96. The van der Waals surface area contributed by atoms with Gasteiger partial charge in [-0.3, -0.25) is 0 Å². The Kier molecular flexibility index (Phi) is 5.69. The van der Waals surface area contributed by atoms with Crippen molar-refractivity contribution in [1.29, 1.82) is 5.26 Å². The van der Waals surface area contributed by atoms with Crippen LogP contribution in [0.1, 0.15) is 20.8 Å². The molecule has 0 rings (SSSR count). The highest BCUT2D eigenvalue weighted by Gasteiger charge is 2.10. The lowest BCUT2D eigenvalue weighted by Gasteiger charge is -2.23. The van der Waals surface area contributed by atoms with E-state index in [2.05, 4.69) is 30.1 Å². The fraction of sp³-hybridized carbons (Fsp3) is 0.889. The predicted octanol–water partition coefficient (Wildman–Crippen LogP) is 0.828. The van der Waals surface area contributed by atoms with E-state index >= 15 is 0 Å². The fourth-order valence-electron chi connectivity index (χ4n) is 0.896. The Morgan fingerprint density at radius 1 is 1.50 bits per heavy atom. The van der Waals surface area contributed by atoms with Crippen LogP contribution in [0.5, 0.6) is 0 Å². The van der Waals surface area contributed by atoms with Crippen LogP contribution >= 0.6 is 0 Å². The maximum Gasteiger partial charge on any atom is 0.108 e. The van der Waals surface area contributed by atoms with Crippen molar-refractivity contribution in [2.45, 2.75) is 32.9 Å². The van der Waals surface area contributed by atoms with Crippen molar-refractivity contribution in [2.24, 2.45) is 0 Å². The molecule has 0 aliphatic rings. The summed E-state index contributed by atoms with van der Waals surface area (Å²) in [6.45, 7) is 7.91. The van der Waals surface area contributed by atoms with Gasteiger partial charge in [-0.25, -0.2) is 0 Å². The van der Waals surface area contributed by atoms with Crippen LogP contribution < -0.4 is 5.32 Å². The van der Waals surface area contributed by atoms with Gasteiger partial charge < -0.3 is 10.2 Å². The van der Waals surface area contributed by atoms with E-state index in [-0.39, 0.29) is 6.04 Å². The standard InChI is InChI=1S/C9H19N3/c1-5-11-9(6-10)7-12(4)8(2)3/h8-9,11H,5,7H2,1-4H3. The number of nitriles is 1. The highest BCUT2D eigenvalue weighted by atomic mass is 15.1. The normalized spacial score (nSPS) is 13.4. The van der Waals surface area contributed by atoms with Crippen molar-refractivity contribution < 1.29 is 0 Å². The first kappa shape index (κ1) is 11.4. The molecule has 1 atom stereocenters. The van der Waals surface area contributed by atoms with E-state index in [1.165, 1.54) is 0 Å². The van der Waals surface area contributed by atoms with Gasteiger partial charge in [-0.15, -0.1) is 0 Å². The van der Waals surface area contributed by atoms with Crippen LogP contribution in [-0.4, -0.2) is 37.1 Å². The second-order valence-electron chi connectivity index (χ2n) is 3.27. The van der Waals surface area contributed by atoms with Gasteiger partial charge in [0.25, 0.3) is 0 Å². The second kappa shape index (κ2) is 5.99. The van der Waals surface area contributed by atoms with Crippen LogP contribution in [0.25, 0.3) is 0 Å². The van der Waals surface area contributed by atoms with E-state index in [0.29, 0.717) is 6.04 Å². The monoisotopic (exact) mass is 169 g/mol. The Morgan fingerprint density at radius 2 is 2.08 bits per heavy atom. The van der Waals surface area contributed by atoms with Gasteiger partial charge in [-0.2, -0.15) is 5.26 Å². The Morgan fingerprint density at radius 3 is 2.42 bits per heavy atom. The van der Waals surface area contributed by atoms with Crippen molar-refractivity contribution in [3.05, 3.63) is 0 Å². The molecule has 0 aromatic heterocycles. The SMILES string of the molecule is CCNC(C#N)CN(C)C(C)C. The third-order valence-electron chi connectivity index (χ3n) is 1.96. The summed E-state index contributed by atoms with van der Waals surface area (Å²) in [4.78, 5) is 2.16. The molecule has 0 aromatic carbocycles. The van der Waals surface area contributed by atoms with Crippen molar-refractivity contribution in [1.82, 2.24) is 10.2 Å². The average Bonchev–Trinajstić information content (AvgIpc) is 2.03. The van der Waals surface area contributed by atoms with Crippen LogP contribution in [0.3, 0.4) is 0 Å². The van der Waals surface area contributed by atoms with Crippen molar-refractivity contribution in [3.63, 3.8) is 0 Å². The summed E-state index contributed by atoms with van der Waals surface area (Å²) in [6, 6.07) is 2.70. The van der Waals surface area contributed by atoms with Crippen molar-refractivity contribution >= 4 is 0 Å². The molecule has 0 spiro atoms. The Hall–Kier alpha value is -0.590. The highest BCUT2D eigenvalue weighted by Crippen LogP contribution is 1.95. The van der Waals surface area contributed by atoms with Crippen LogP contribution in [0.4, 0.5) is 0 Å². The zero-order chi connectivity index (χ0) is 9.56. The van der Waals surface area contributed by atoms with E-state index in [4.69, 9.17) is 5.26 Å². The second-order valence-corrected chi connectivity index (χ2v) is 3.27. The number of hydrogen-bond acceptors (Lipinski definition) is 3. The maximum atomic E-state index is 8.75. The van der Waals surface area contributed by atoms with Gasteiger partial charge in [0.1, 0.15) is 6.04 Å². The summed E-state index contributed by atoms with van der Waals surface area (Å²) in [6.07, 6.45) is 0. The summed E-state index contributed by atoms with van der Waals surface area (Å²) in [5.74, 6) is 0. The molecule has 0 amide bonds. The minimum atomic E-state index is -0.0394. The van der Waals surface area contributed by atoms with Gasteiger partial charge in [0.05, 0.1) is 6.07 Å². The van der Waals surface area contributed by atoms with Gasteiger partial charge in [-0.05, 0) is 27.4 Å². The molecule has 12 heavy (non-hydrogen) atoms. The fourth-order valence-corrected chi connectivity index (χ4v) is 0.896. The molecule has 1 unspecified atom stereocenters. The lowest BCUT2D eigenvalue weighted by Crippen LogP contribution is -2.41. The molecule has 0 bridgehead atoms. The van der Waals surface area contributed by atoms with Crippen LogP contribution in [0.2, 0.25) is 0 Å². The van der Waals surface area contributed by atoms with E-state index in [9.17, 15) is 0 Å². The molecule has 0 saturated carbocycles. The first-order valence-corrected chi connectivity index (χ1v) is 4.45. The molecule has 0 fully saturated rings. The summed E-state index contributed by atoms with van der Waals surface area (Å²) >= 11 is 0. The zero-order valence-corrected chi connectivity index (χ0v) is 8.46. The summed E-state index contributed by atoms with van der Waals surface area (Å²) in [7, 11) is 2.03. The summed E-state index contributed by atoms with van der Waals surface area (Å²) < 4.78 is 0. The number of hydrogen-bond donors (Lipinski definition) is 1. The van der Waals surface area contributed by atoms with Crippen LogP contribution in [-0.2, 0) is 0 Å². The number of nitrogens with zero attached hydrogens (tertiary/aromatic N) is 2. The van der Waals surface area contributed by atoms with Gasteiger partial charge in [-0.1, -0.05) is 6.92 Å². The maximum absolute atomic E-state index is 8.75. The molecule has 0 saturated heterocycles. The smallest absolute Gasteiger partial charge is 0.108 e. The lowest BCUT2D eigenvalue weighted by molar-refractivity contribution is 0.258. The molecule has 1 N–H and O–H groups in total. The number of rotatable bonds is 5. The molecule has 0 radical (unpaired) electrons. The third kappa shape index (κ3) is 4.32. The van der Waals surface area contributed by atoms with Crippen LogP contribution in [0.15, 0.2) is 0 Å². The number of nitrogens with one attached hydrogen (secondary N) is 1. The van der Waals surface area contributed by atoms with Gasteiger partial charge in [0, 0.05) is 12.6 Å². The molecule has 3 heteroatoms. The topological polar surface area (TPSA) is 39.1 Å². The lowest BCUT2D eigenvalue weighted by atomic mass is 10.2. The highest BCUT2D eigenvalue weighted by molar-refractivity contribution is 4.91. The largest absolute Gasteiger partial charge is 0.301 e. The molecule has 0 heterocycles. The van der Waals surface area contributed by atoms with Crippen molar-refractivity contribution in [2.75, 3.05) is 20.1 Å². The molecule has 0 aromatic rings. The van der Waals surface area contributed by atoms with E-state index in [1.54, 1.807) is 0 Å². The van der Waals surface area contributed by atoms with Gasteiger partial charge >= 0.3 is 0 Å². The first-order valence-electron chi connectivity index (χ1n) is 4.45. The Balaban J connectivity index is 3.79. The van der Waals surface area contributed by atoms with Crippen LogP contribution in [0, 0.1) is 11.3 Å². The van der Waals surface area contributed by atoms with Gasteiger partial charge in [0.15, 0.2) is 0 Å². The van der Waals surface area contributed by atoms with E-state index in [0.717, 1.165) is 13.1 Å². The Bertz CT molecular complexity index is 148. The molecule has 70 valence electrons. The first-order chi connectivity index (χ1) is 5.61. The number of likely N-dealkylation sites (N-methyl/N-ethyl adjacent to an activating group) is 2. The van der Waals surface area contributed by atoms with Crippen molar-refractivity contribution in [3.8, 4) is 6.07 Å². The van der Waals surface area contributed by atoms with E-state index < -0.39 is 0 Å².